The Morgan fingerprint density at radius 3 is 2.52 bits per heavy atom. The van der Waals surface area contributed by atoms with Gasteiger partial charge in [0.15, 0.2) is 11.5 Å². The number of nitrogens with zero attached hydrogens (tertiary/aromatic N) is 1. The Balaban J connectivity index is 2.15. The number of benzene rings is 1. The molecule has 0 aromatic heterocycles. The smallest absolute Gasteiger partial charge is 0.387 e. The van der Waals surface area contributed by atoms with Crippen molar-refractivity contribution in [3.8, 4) is 11.5 Å². The summed E-state index contributed by atoms with van der Waals surface area (Å²) in [5, 5.41) is 0. The van der Waals surface area contributed by atoms with Crippen LogP contribution in [-0.2, 0) is 4.79 Å². The molecule has 0 bridgehead atoms. The van der Waals surface area contributed by atoms with E-state index in [2.05, 4.69) is 4.74 Å². The number of rotatable bonds is 5. The Kier molecular flexibility index (Phi) is 6.38. The summed E-state index contributed by atoms with van der Waals surface area (Å²) < 4.78 is 34.7. The molecule has 2 rings (SSSR count). The normalized spacial score (nSPS) is 15.7. The molecule has 0 saturated carbocycles. The molecule has 23 heavy (non-hydrogen) atoms. The van der Waals surface area contributed by atoms with Gasteiger partial charge >= 0.3 is 6.61 Å². The number of alkyl halides is 2. The van der Waals surface area contributed by atoms with Crippen LogP contribution in [0, 0.1) is 0 Å². The largest absolute Gasteiger partial charge is 0.493 e. The Hall–Kier alpha value is -2.11. The molecule has 4 nitrogen and oxygen atoms in total. The van der Waals surface area contributed by atoms with Crippen LogP contribution in [0.15, 0.2) is 24.3 Å². The zero-order chi connectivity index (χ0) is 16.7. The van der Waals surface area contributed by atoms with Crippen LogP contribution in [0.25, 0.3) is 6.08 Å². The first-order valence-electron chi connectivity index (χ1n) is 7.70. The Labute approximate surface area is 134 Å². The van der Waals surface area contributed by atoms with Gasteiger partial charge in [-0.1, -0.05) is 25.0 Å². The van der Waals surface area contributed by atoms with E-state index in [0.29, 0.717) is 5.56 Å². The average molecular weight is 325 g/mol. The third-order valence-electron chi connectivity index (χ3n) is 3.76. The molecule has 0 spiro atoms. The molecule has 1 amide bonds. The van der Waals surface area contributed by atoms with Crippen LogP contribution < -0.4 is 9.47 Å². The zero-order valence-corrected chi connectivity index (χ0v) is 13.1. The van der Waals surface area contributed by atoms with Crippen molar-refractivity contribution in [2.24, 2.45) is 0 Å². The lowest BCUT2D eigenvalue weighted by Gasteiger charge is -2.18. The molecule has 1 aliphatic heterocycles. The van der Waals surface area contributed by atoms with Gasteiger partial charge in [0.25, 0.3) is 0 Å². The molecular weight excluding hydrogens is 304 g/mol. The minimum Gasteiger partial charge on any atom is -0.493 e. The molecule has 0 radical (unpaired) electrons. The second-order valence-corrected chi connectivity index (χ2v) is 5.33. The van der Waals surface area contributed by atoms with E-state index >= 15 is 0 Å². The van der Waals surface area contributed by atoms with Crippen molar-refractivity contribution in [2.45, 2.75) is 32.3 Å². The third kappa shape index (κ3) is 4.94. The van der Waals surface area contributed by atoms with E-state index in [9.17, 15) is 13.6 Å². The van der Waals surface area contributed by atoms with Crippen molar-refractivity contribution < 1.29 is 23.0 Å². The molecule has 1 aliphatic rings. The maximum Gasteiger partial charge on any atom is 0.387 e. The Bertz CT molecular complexity index is 553. The van der Waals surface area contributed by atoms with Gasteiger partial charge in [0.05, 0.1) is 7.11 Å². The number of carbonyl (C=O) groups excluding carboxylic acids is 1. The first kappa shape index (κ1) is 17.2. The fraction of sp³-hybridized carbons (Fsp3) is 0.471. The molecule has 1 aromatic carbocycles. The summed E-state index contributed by atoms with van der Waals surface area (Å²) in [5.41, 5.74) is 0.382. The number of methoxy groups -OCH3 is 1. The molecule has 1 fully saturated rings. The van der Waals surface area contributed by atoms with Crippen LogP contribution in [0.3, 0.4) is 0 Å². The van der Waals surface area contributed by atoms with Gasteiger partial charge in [-0.2, -0.15) is 8.78 Å². The fourth-order valence-corrected chi connectivity index (χ4v) is 2.60. The van der Waals surface area contributed by atoms with Gasteiger partial charge in [0, 0.05) is 24.7 Å². The second kappa shape index (κ2) is 8.50. The van der Waals surface area contributed by atoms with E-state index in [1.54, 1.807) is 17.0 Å². The van der Waals surface area contributed by atoms with Gasteiger partial charge in [0.1, 0.15) is 0 Å². The number of carbonyl (C=O) groups is 1. The predicted octanol–water partition coefficient (Wildman–Crippen LogP) is 3.71. The maximum absolute atomic E-state index is 12.6. The van der Waals surface area contributed by atoms with Gasteiger partial charge in [-0.25, -0.2) is 0 Å². The minimum absolute atomic E-state index is 0.0649. The molecule has 6 heteroatoms. The highest BCUT2D eigenvalue weighted by Crippen LogP contribution is 2.33. The predicted molar refractivity (Wildman–Crippen MR) is 83.7 cm³/mol. The monoisotopic (exact) mass is 325 g/mol. The van der Waals surface area contributed by atoms with E-state index < -0.39 is 6.61 Å². The van der Waals surface area contributed by atoms with E-state index in [0.717, 1.165) is 38.8 Å². The summed E-state index contributed by atoms with van der Waals surface area (Å²) in [6.07, 6.45) is 7.16. The van der Waals surface area contributed by atoms with E-state index in [1.807, 2.05) is 0 Å². The standard InChI is InChI=1S/C17H21F2NO3/c1-22-14-8-6-7-13(16(14)23-17(18)19)9-10-15(21)20-11-4-2-3-5-12-20/h6-10,17H,2-5,11-12H2,1H3/b10-9+. The van der Waals surface area contributed by atoms with Crippen molar-refractivity contribution in [1.82, 2.24) is 4.90 Å². The van der Waals surface area contributed by atoms with Crippen molar-refractivity contribution in [3.63, 3.8) is 0 Å². The number of ether oxygens (including phenoxy) is 2. The molecule has 0 N–H and O–H groups in total. The number of amides is 1. The molecule has 0 aliphatic carbocycles. The van der Waals surface area contributed by atoms with Crippen molar-refractivity contribution in [3.05, 3.63) is 29.8 Å². The summed E-state index contributed by atoms with van der Waals surface area (Å²) in [5.74, 6) is 0.0253. The summed E-state index contributed by atoms with van der Waals surface area (Å²) in [4.78, 5) is 14.0. The van der Waals surface area contributed by atoms with Gasteiger partial charge in [-0.15, -0.1) is 0 Å². The topological polar surface area (TPSA) is 38.8 Å². The van der Waals surface area contributed by atoms with Crippen molar-refractivity contribution in [2.75, 3.05) is 20.2 Å². The van der Waals surface area contributed by atoms with Gasteiger partial charge < -0.3 is 14.4 Å². The lowest BCUT2D eigenvalue weighted by Crippen LogP contribution is -2.30. The van der Waals surface area contributed by atoms with Crippen LogP contribution in [-0.4, -0.2) is 37.6 Å². The number of hydrogen-bond acceptors (Lipinski definition) is 3. The lowest BCUT2D eigenvalue weighted by molar-refractivity contribution is -0.125. The summed E-state index contributed by atoms with van der Waals surface area (Å²) in [6.45, 7) is -1.48. The first-order chi connectivity index (χ1) is 11.1. The highest BCUT2D eigenvalue weighted by atomic mass is 19.3. The number of halogens is 2. The fourth-order valence-electron chi connectivity index (χ4n) is 2.60. The highest BCUT2D eigenvalue weighted by Gasteiger charge is 2.16. The average Bonchev–Trinajstić information content (AvgIpc) is 2.82. The van der Waals surface area contributed by atoms with Crippen LogP contribution in [0.2, 0.25) is 0 Å². The zero-order valence-electron chi connectivity index (χ0n) is 13.1. The van der Waals surface area contributed by atoms with Crippen LogP contribution in [0.1, 0.15) is 31.2 Å². The maximum atomic E-state index is 12.6. The van der Waals surface area contributed by atoms with Crippen molar-refractivity contribution >= 4 is 12.0 Å². The van der Waals surface area contributed by atoms with Gasteiger partial charge in [0.2, 0.25) is 5.91 Å². The molecule has 126 valence electrons. The molecule has 1 aromatic rings. The first-order valence-corrected chi connectivity index (χ1v) is 7.70. The molecule has 0 atom stereocenters. The molecule has 1 heterocycles. The van der Waals surface area contributed by atoms with E-state index in [-0.39, 0.29) is 17.4 Å². The lowest BCUT2D eigenvalue weighted by atomic mass is 10.1. The summed E-state index contributed by atoms with van der Waals surface area (Å²) >= 11 is 0. The van der Waals surface area contributed by atoms with Crippen LogP contribution in [0.4, 0.5) is 8.78 Å². The molecule has 1 saturated heterocycles. The van der Waals surface area contributed by atoms with Crippen LogP contribution >= 0.6 is 0 Å². The Morgan fingerprint density at radius 2 is 1.91 bits per heavy atom. The number of likely N-dealkylation sites (tertiary alicyclic amines) is 1. The Morgan fingerprint density at radius 1 is 1.22 bits per heavy atom. The van der Waals surface area contributed by atoms with E-state index in [1.165, 1.54) is 25.3 Å². The van der Waals surface area contributed by atoms with Gasteiger partial charge in [-0.05, 0) is 25.0 Å². The summed E-state index contributed by atoms with van der Waals surface area (Å²) in [6, 6.07) is 4.80. The minimum atomic E-state index is -2.96. The second-order valence-electron chi connectivity index (χ2n) is 5.33. The highest BCUT2D eigenvalue weighted by molar-refractivity contribution is 5.92. The van der Waals surface area contributed by atoms with Crippen LogP contribution in [0.5, 0.6) is 11.5 Å². The summed E-state index contributed by atoms with van der Waals surface area (Å²) in [7, 11) is 1.38. The molecular formula is C17H21F2NO3. The number of hydrogen-bond donors (Lipinski definition) is 0. The molecule has 0 unspecified atom stereocenters. The number of para-hydroxylation sites is 1. The van der Waals surface area contributed by atoms with Gasteiger partial charge in [-0.3, -0.25) is 4.79 Å². The van der Waals surface area contributed by atoms with Crippen molar-refractivity contribution in [1.29, 1.82) is 0 Å². The quantitative estimate of drug-likeness (QED) is 0.775. The SMILES string of the molecule is COc1cccc(/C=C/C(=O)N2CCCCCC2)c1OC(F)F. The van der Waals surface area contributed by atoms with E-state index in [4.69, 9.17) is 4.74 Å². The third-order valence-corrected chi connectivity index (χ3v) is 3.76.